The van der Waals surface area contributed by atoms with Gasteiger partial charge in [0, 0.05) is 18.8 Å². The summed E-state index contributed by atoms with van der Waals surface area (Å²) in [7, 11) is 1.64. The number of benzene rings is 1. The molecule has 0 N–H and O–H groups in total. The molecule has 1 aliphatic rings. The first-order chi connectivity index (χ1) is 14.5. The van der Waals surface area contributed by atoms with E-state index in [1.165, 1.54) is 11.8 Å². The van der Waals surface area contributed by atoms with Crippen LogP contribution in [0.3, 0.4) is 0 Å². The van der Waals surface area contributed by atoms with Crippen molar-refractivity contribution in [3.63, 3.8) is 0 Å². The minimum Gasteiger partial charge on any atom is -0.497 e. The van der Waals surface area contributed by atoms with E-state index >= 15 is 0 Å². The van der Waals surface area contributed by atoms with E-state index in [0.717, 1.165) is 36.6 Å². The van der Waals surface area contributed by atoms with Crippen LogP contribution in [0.4, 0.5) is 0 Å². The Morgan fingerprint density at radius 2 is 2.07 bits per heavy atom. The van der Waals surface area contributed by atoms with Crippen LogP contribution in [0.5, 0.6) is 5.75 Å². The fraction of sp³-hybridized carbons (Fsp3) is 0.450. The van der Waals surface area contributed by atoms with Gasteiger partial charge >= 0.3 is 0 Å². The molecule has 0 radical (unpaired) electrons. The molecule has 2 aromatic heterocycles. The summed E-state index contributed by atoms with van der Waals surface area (Å²) in [6, 6.07) is 7.67. The second-order valence-electron chi connectivity index (χ2n) is 7.21. The van der Waals surface area contributed by atoms with Crippen molar-refractivity contribution in [2.45, 2.75) is 37.8 Å². The fourth-order valence-corrected chi connectivity index (χ4v) is 4.47. The number of carbonyl (C=O) groups excluding carboxylic acids is 1. The largest absolute Gasteiger partial charge is 0.497 e. The van der Waals surface area contributed by atoms with E-state index in [0.29, 0.717) is 29.2 Å². The van der Waals surface area contributed by atoms with E-state index in [9.17, 15) is 4.79 Å². The van der Waals surface area contributed by atoms with Gasteiger partial charge in [-0.05, 0) is 51.0 Å². The second-order valence-corrected chi connectivity index (χ2v) is 8.15. The average molecular weight is 429 g/mol. The van der Waals surface area contributed by atoms with Crippen molar-refractivity contribution >= 4 is 17.7 Å². The Bertz CT molecular complexity index is 1020. The summed E-state index contributed by atoms with van der Waals surface area (Å²) in [6.45, 7) is 5.04. The van der Waals surface area contributed by atoms with Crippen LogP contribution in [0.2, 0.25) is 0 Å². The van der Waals surface area contributed by atoms with Crippen LogP contribution in [0.1, 0.15) is 36.3 Å². The van der Waals surface area contributed by atoms with Crippen molar-refractivity contribution in [1.82, 2.24) is 29.8 Å². The highest BCUT2D eigenvalue weighted by atomic mass is 32.2. The molecule has 1 saturated heterocycles. The highest BCUT2D eigenvalue weighted by Gasteiger charge is 2.28. The van der Waals surface area contributed by atoms with Gasteiger partial charge in [0.05, 0.1) is 18.8 Å². The zero-order chi connectivity index (χ0) is 21.1. The molecule has 10 heteroatoms. The number of aromatic nitrogens is 5. The molecule has 1 unspecified atom stereocenters. The summed E-state index contributed by atoms with van der Waals surface area (Å²) in [5.74, 6) is 3.25. The minimum absolute atomic E-state index is 0.0721. The second kappa shape index (κ2) is 8.86. The van der Waals surface area contributed by atoms with Crippen LogP contribution < -0.4 is 4.74 Å². The van der Waals surface area contributed by atoms with Crippen LogP contribution >= 0.6 is 11.8 Å². The van der Waals surface area contributed by atoms with Crippen molar-refractivity contribution in [1.29, 1.82) is 0 Å². The van der Waals surface area contributed by atoms with Gasteiger partial charge in [0.1, 0.15) is 11.6 Å². The number of piperidine rings is 1. The normalized spacial score (nSPS) is 16.6. The van der Waals surface area contributed by atoms with E-state index in [4.69, 9.17) is 9.26 Å². The lowest BCUT2D eigenvalue weighted by Crippen LogP contribution is -2.40. The number of ether oxygens (including phenoxy) is 1. The number of carbonyl (C=O) groups is 1. The quantitative estimate of drug-likeness (QED) is 0.553. The molecule has 1 aromatic carbocycles. The highest BCUT2D eigenvalue weighted by molar-refractivity contribution is 7.99. The summed E-state index contributed by atoms with van der Waals surface area (Å²) < 4.78 is 12.5. The zero-order valence-electron chi connectivity index (χ0n) is 17.2. The predicted octanol–water partition coefficient (Wildman–Crippen LogP) is 2.77. The van der Waals surface area contributed by atoms with Gasteiger partial charge in [0.15, 0.2) is 11.0 Å². The van der Waals surface area contributed by atoms with Crippen molar-refractivity contribution < 1.29 is 14.1 Å². The molecule has 0 saturated carbocycles. The first-order valence-electron chi connectivity index (χ1n) is 9.82. The lowest BCUT2D eigenvalue weighted by molar-refractivity contribution is -0.129. The molecular formula is C20H24N6O3S. The van der Waals surface area contributed by atoms with Gasteiger partial charge < -0.3 is 14.2 Å². The summed E-state index contributed by atoms with van der Waals surface area (Å²) in [5.41, 5.74) is 0.929. The van der Waals surface area contributed by atoms with Crippen molar-refractivity contribution in [2.24, 2.45) is 0 Å². The summed E-state index contributed by atoms with van der Waals surface area (Å²) in [6.07, 6.45) is 1.87. The van der Waals surface area contributed by atoms with E-state index in [1.54, 1.807) is 14.0 Å². The van der Waals surface area contributed by atoms with E-state index < -0.39 is 0 Å². The molecule has 3 heterocycles. The Morgan fingerprint density at radius 3 is 2.77 bits per heavy atom. The number of aryl methyl sites for hydroxylation is 2. The van der Waals surface area contributed by atoms with Gasteiger partial charge in [-0.2, -0.15) is 4.98 Å². The Morgan fingerprint density at radius 1 is 1.27 bits per heavy atom. The number of hydrogen-bond donors (Lipinski definition) is 0. The zero-order valence-corrected chi connectivity index (χ0v) is 18.1. The van der Waals surface area contributed by atoms with Crippen LogP contribution in [-0.4, -0.2) is 61.7 Å². The molecule has 1 aliphatic heterocycles. The Kier molecular flexibility index (Phi) is 6.03. The standard InChI is InChI=1S/C20H24N6O3S/c1-13-21-19(29-24-13)15-5-4-10-25(11-15)18(27)12-30-20-23-22-14(2)26(20)16-6-8-17(28-3)9-7-16/h6-9,15H,4-5,10-12H2,1-3H3. The maximum absolute atomic E-state index is 12.9. The Hall–Kier alpha value is -2.88. The van der Waals surface area contributed by atoms with E-state index in [2.05, 4.69) is 20.3 Å². The van der Waals surface area contributed by atoms with Gasteiger partial charge in [0.25, 0.3) is 0 Å². The third-order valence-corrected chi connectivity index (χ3v) is 6.03. The fourth-order valence-electron chi connectivity index (χ4n) is 3.57. The molecule has 1 amide bonds. The smallest absolute Gasteiger partial charge is 0.233 e. The third kappa shape index (κ3) is 4.33. The van der Waals surface area contributed by atoms with Gasteiger partial charge in [-0.3, -0.25) is 9.36 Å². The maximum Gasteiger partial charge on any atom is 0.233 e. The van der Waals surface area contributed by atoms with Crippen LogP contribution in [0.25, 0.3) is 5.69 Å². The third-order valence-electron chi connectivity index (χ3n) is 5.12. The molecule has 4 rings (SSSR count). The van der Waals surface area contributed by atoms with Gasteiger partial charge in [-0.25, -0.2) is 0 Å². The summed E-state index contributed by atoms with van der Waals surface area (Å²) in [5, 5.41) is 13.0. The molecule has 1 atom stereocenters. The number of thioether (sulfide) groups is 1. The van der Waals surface area contributed by atoms with Crippen molar-refractivity contribution in [2.75, 3.05) is 26.0 Å². The number of likely N-dealkylation sites (tertiary alicyclic amines) is 1. The van der Waals surface area contributed by atoms with Gasteiger partial charge in [-0.15, -0.1) is 10.2 Å². The lowest BCUT2D eigenvalue weighted by Gasteiger charge is -2.31. The maximum atomic E-state index is 12.9. The molecule has 3 aromatic rings. The first kappa shape index (κ1) is 20.4. The summed E-state index contributed by atoms with van der Waals surface area (Å²) in [4.78, 5) is 19.1. The lowest BCUT2D eigenvalue weighted by atomic mass is 9.98. The Balaban J connectivity index is 1.41. The molecule has 0 aliphatic carbocycles. The monoisotopic (exact) mass is 428 g/mol. The molecule has 9 nitrogen and oxygen atoms in total. The molecule has 30 heavy (non-hydrogen) atoms. The minimum atomic E-state index is 0.0721. The van der Waals surface area contributed by atoms with Gasteiger partial charge in [-0.1, -0.05) is 16.9 Å². The predicted molar refractivity (Wildman–Crippen MR) is 111 cm³/mol. The number of hydrogen-bond acceptors (Lipinski definition) is 8. The first-order valence-corrected chi connectivity index (χ1v) is 10.8. The topological polar surface area (TPSA) is 99.2 Å². The Labute approximate surface area is 178 Å². The highest BCUT2D eigenvalue weighted by Crippen LogP contribution is 2.28. The van der Waals surface area contributed by atoms with Crippen LogP contribution in [0.15, 0.2) is 33.9 Å². The molecule has 158 valence electrons. The number of nitrogens with zero attached hydrogens (tertiary/aromatic N) is 6. The number of amides is 1. The molecule has 0 bridgehead atoms. The van der Waals surface area contributed by atoms with E-state index in [1.807, 2.05) is 40.7 Å². The average Bonchev–Trinajstić information content (AvgIpc) is 3.37. The molecule has 1 fully saturated rings. The van der Waals surface area contributed by atoms with E-state index in [-0.39, 0.29) is 11.8 Å². The van der Waals surface area contributed by atoms with Gasteiger partial charge in [0.2, 0.25) is 11.8 Å². The SMILES string of the molecule is COc1ccc(-n2c(C)nnc2SCC(=O)N2CCCC(c3nc(C)no3)C2)cc1. The van der Waals surface area contributed by atoms with Crippen molar-refractivity contribution in [3.05, 3.63) is 41.8 Å². The van der Waals surface area contributed by atoms with Crippen molar-refractivity contribution in [3.8, 4) is 11.4 Å². The molecular weight excluding hydrogens is 404 g/mol. The molecule has 0 spiro atoms. The van der Waals surface area contributed by atoms with Crippen LogP contribution in [0, 0.1) is 13.8 Å². The summed E-state index contributed by atoms with van der Waals surface area (Å²) >= 11 is 1.39. The number of methoxy groups -OCH3 is 1. The number of rotatable bonds is 6. The van der Waals surface area contributed by atoms with Crippen LogP contribution in [-0.2, 0) is 4.79 Å².